The molecule has 0 aliphatic carbocycles. The van der Waals surface area contributed by atoms with E-state index < -0.39 is 5.97 Å². The molecule has 0 bridgehead atoms. The predicted molar refractivity (Wildman–Crippen MR) is 43.0 cm³/mol. The van der Waals surface area contributed by atoms with Crippen LogP contribution in [-0.2, 0) is 6.54 Å². The van der Waals surface area contributed by atoms with Crippen molar-refractivity contribution in [3.63, 3.8) is 0 Å². The van der Waals surface area contributed by atoms with Crippen LogP contribution in [0.1, 0.15) is 23.2 Å². The number of aromatic carboxylic acids is 1. The lowest BCUT2D eigenvalue weighted by atomic mass is 10.4. The van der Waals surface area contributed by atoms with Gasteiger partial charge in [-0.05, 0) is 18.7 Å². The van der Waals surface area contributed by atoms with Gasteiger partial charge in [0.15, 0.2) is 0 Å². The van der Waals surface area contributed by atoms with E-state index in [1.807, 2.05) is 6.92 Å². The molecule has 0 aliphatic heterocycles. The molecule has 0 radical (unpaired) electrons. The van der Waals surface area contributed by atoms with E-state index in [0.717, 1.165) is 6.54 Å². The van der Waals surface area contributed by atoms with Gasteiger partial charge in [0, 0.05) is 0 Å². The van der Waals surface area contributed by atoms with Crippen molar-refractivity contribution < 1.29 is 14.3 Å². The fourth-order valence-electron chi connectivity index (χ4n) is 0.836. The predicted octanol–water partition coefficient (Wildman–Crippen LogP) is 1.09. The monoisotopic (exact) mass is 169 g/mol. The van der Waals surface area contributed by atoms with Crippen LogP contribution < -0.4 is 5.32 Å². The quantitative estimate of drug-likeness (QED) is 0.708. The zero-order chi connectivity index (χ0) is 8.97. The second kappa shape index (κ2) is 3.92. The zero-order valence-corrected chi connectivity index (χ0v) is 6.83. The summed E-state index contributed by atoms with van der Waals surface area (Å²) in [4.78, 5) is 10.4. The summed E-state index contributed by atoms with van der Waals surface area (Å²) in [6.07, 6.45) is 0. The molecule has 0 spiro atoms. The summed E-state index contributed by atoms with van der Waals surface area (Å²) in [5.41, 5.74) is 0. The molecule has 1 rings (SSSR count). The summed E-state index contributed by atoms with van der Waals surface area (Å²) in [6, 6.07) is 3.11. The maximum atomic E-state index is 10.4. The van der Waals surface area contributed by atoms with Crippen molar-refractivity contribution in [3.8, 4) is 0 Å². The zero-order valence-electron chi connectivity index (χ0n) is 6.83. The lowest BCUT2D eigenvalue weighted by Gasteiger charge is -1.95. The van der Waals surface area contributed by atoms with Crippen LogP contribution in [0, 0.1) is 0 Å². The van der Waals surface area contributed by atoms with Crippen molar-refractivity contribution in [3.05, 3.63) is 23.7 Å². The fraction of sp³-hybridized carbons (Fsp3) is 0.375. The molecule has 0 saturated carbocycles. The Bertz CT molecular complexity index is 267. The van der Waals surface area contributed by atoms with Gasteiger partial charge in [0.1, 0.15) is 5.76 Å². The molecular formula is C8H11NO3. The lowest BCUT2D eigenvalue weighted by molar-refractivity contribution is 0.0660. The highest BCUT2D eigenvalue weighted by Gasteiger charge is 2.07. The highest BCUT2D eigenvalue weighted by Crippen LogP contribution is 2.06. The second-order valence-electron chi connectivity index (χ2n) is 2.35. The van der Waals surface area contributed by atoms with Gasteiger partial charge < -0.3 is 14.8 Å². The number of carboxylic acid groups (broad SMARTS) is 1. The topological polar surface area (TPSA) is 62.5 Å². The van der Waals surface area contributed by atoms with Crippen LogP contribution in [0.2, 0.25) is 0 Å². The molecule has 0 fully saturated rings. The maximum absolute atomic E-state index is 10.4. The Hall–Kier alpha value is -1.29. The minimum atomic E-state index is -1.03. The first-order chi connectivity index (χ1) is 5.74. The lowest BCUT2D eigenvalue weighted by Crippen LogP contribution is -2.10. The first kappa shape index (κ1) is 8.80. The first-order valence-electron chi connectivity index (χ1n) is 3.76. The van der Waals surface area contributed by atoms with Gasteiger partial charge in [-0.1, -0.05) is 6.92 Å². The van der Waals surface area contributed by atoms with E-state index in [1.54, 1.807) is 6.07 Å². The standard InChI is InChI=1S/C8H11NO3/c1-2-9-5-6-3-4-7(12-6)8(10)11/h3-4,9H,2,5H2,1H3,(H,10,11). The molecule has 1 aromatic heterocycles. The summed E-state index contributed by atoms with van der Waals surface area (Å²) < 4.78 is 4.99. The van der Waals surface area contributed by atoms with Gasteiger partial charge in [-0.15, -0.1) is 0 Å². The third kappa shape index (κ3) is 2.10. The van der Waals surface area contributed by atoms with Crippen LogP contribution in [0.3, 0.4) is 0 Å². The number of furan rings is 1. The molecule has 0 amide bonds. The van der Waals surface area contributed by atoms with Crippen LogP contribution in [0.25, 0.3) is 0 Å². The third-order valence-electron chi connectivity index (χ3n) is 1.42. The SMILES string of the molecule is CCNCc1ccc(C(=O)O)o1. The van der Waals surface area contributed by atoms with E-state index in [-0.39, 0.29) is 5.76 Å². The van der Waals surface area contributed by atoms with Crippen molar-refractivity contribution in [2.75, 3.05) is 6.54 Å². The van der Waals surface area contributed by atoms with Crippen molar-refractivity contribution in [2.45, 2.75) is 13.5 Å². The minimum absolute atomic E-state index is 0.0112. The molecule has 0 aromatic carbocycles. The van der Waals surface area contributed by atoms with Gasteiger partial charge in [-0.3, -0.25) is 0 Å². The van der Waals surface area contributed by atoms with E-state index in [2.05, 4.69) is 5.32 Å². The van der Waals surface area contributed by atoms with Gasteiger partial charge in [0.05, 0.1) is 6.54 Å². The average molecular weight is 169 g/mol. The molecule has 4 heteroatoms. The molecule has 12 heavy (non-hydrogen) atoms. The van der Waals surface area contributed by atoms with Crippen molar-refractivity contribution in [1.29, 1.82) is 0 Å². The fourth-order valence-corrected chi connectivity index (χ4v) is 0.836. The van der Waals surface area contributed by atoms with Gasteiger partial charge in [0.2, 0.25) is 5.76 Å². The number of hydrogen-bond donors (Lipinski definition) is 2. The molecule has 0 unspecified atom stereocenters. The summed E-state index contributed by atoms with van der Waals surface area (Å²) in [6.45, 7) is 3.38. The van der Waals surface area contributed by atoms with Gasteiger partial charge in [-0.25, -0.2) is 4.79 Å². The number of nitrogens with one attached hydrogen (secondary N) is 1. The van der Waals surface area contributed by atoms with E-state index >= 15 is 0 Å². The summed E-state index contributed by atoms with van der Waals surface area (Å²) in [5, 5.41) is 11.5. The van der Waals surface area contributed by atoms with Crippen LogP contribution in [-0.4, -0.2) is 17.6 Å². The van der Waals surface area contributed by atoms with E-state index in [4.69, 9.17) is 9.52 Å². The van der Waals surface area contributed by atoms with E-state index in [1.165, 1.54) is 6.07 Å². The number of rotatable bonds is 4. The maximum Gasteiger partial charge on any atom is 0.371 e. The van der Waals surface area contributed by atoms with E-state index in [9.17, 15) is 4.79 Å². The normalized spacial score (nSPS) is 10.1. The molecule has 0 saturated heterocycles. The summed E-state index contributed by atoms with van der Waals surface area (Å²) >= 11 is 0. The van der Waals surface area contributed by atoms with Gasteiger partial charge in [-0.2, -0.15) is 0 Å². The van der Waals surface area contributed by atoms with Crippen molar-refractivity contribution in [2.24, 2.45) is 0 Å². The molecule has 2 N–H and O–H groups in total. The second-order valence-corrected chi connectivity index (χ2v) is 2.35. The highest BCUT2D eigenvalue weighted by molar-refractivity contribution is 5.84. The third-order valence-corrected chi connectivity index (χ3v) is 1.42. The molecule has 4 nitrogen and oxygen atoms in total. The van der Waals surface area contributed by atoms with Crippen molar-refractivity contribution in [1.82, 2.24) is 5.32 Å². The molecule has 1 heterocycles. The number of carbonyl (C=O) groups is 1. The van der Waals surface area contributed by atoms with Crippen LogP contribution in [0.5, 0.6) is 0 Å². The molecular weight excluding hydrogens is 158 g/mol. The molecule has 0 atom stereocenters. The molecule has 0 aliphatic rings. The Morgan fingerprint density at radius 2 is 2.42 bits per heavy atom. The Morgan fingerprint density at radius 3 is 2.92 bits per heavy atom. The number of hydrogen-bond acceptors (Lipinski definition) is 3. The smallest absolute Gasteiger partial charge is 0.371 e. The largest absolute Gasteiger partial charge is 0.475 e. The van der Waals surface area contributed by atoms with Gasteiger partial charge in [0.25, 0.3) is 0 Å². The average Bonchev–Trinajstić information content (AvgIpc) is 2.48. The highest BCUT2D eigenvalue weighted by atomic mass is 16.4. The van der Waals surface area contributed by atoms with Crippen molar-refractivity contribution >= 4 is 5.97 Å². The Balaban J connectivity index is 2.58. The molecule has 66 valence electrons. The van der Waals surface area contributed by atoms with Crippen LogP contribution >= 0.6 is 0 Å². The Morgan fingerprint density at radius 1 is 1.67 bits per heavy atom. The Labute approximate surface area is 70.2 Å². The van der Waals surface area contributed by atoms with Crippen LogP contribution in [0.15, 0.2) is 16.5 Å². The van der Waals surface area contributed by atoms with E-state index in [0.29, 0.717) is 12.3 Å². The first-order valence-corrected chi connectivity index (χ1v) is 3.76. The Kier molecular flexibility index (Phi) is 2.88. The van der Waals surface area contributed by atoms with Gasteiger partial charge >= 0.3 is 5.97 Å². The minimum Gasteiger partial charge on any atom is -0.475 e. The summed E-state index contributed by atoms with van der Waals surface area (Å²) in [7, 11) is 0. The molecule has 1 aromatic rings. The van der Waals surface area contributed by atoms with Crippen LogP contribution in [0.4, 0.5) is 0 Å². The number of carboxylic acids is 1. The summed E-state index contributed by atoms with van der Waals surface area (Å²) in [5.74, 6) is -0.394.